The van der Waals surface area contributed by atoms with E-state index in [0.29, 0.717) is 117 Å². The number of aromatic nitrogens is 2. The van der Waals surface area contributed by atoms with Crippen LogP contribution in [0, 0.1) is 0 Å². The summed E-state index contributed by atoms with van der Waals surface area (Å²) in [7, 11) is 1.57. The molecule has 0 aliphatic carbocycles. The Labute approximate surface area is 386 Å². The van der Waals surface area contributed by atoms with Gasteiger partial charge in [-0.1, -0.05) is 29.8 Å². The third-order valence-electron chi connectivity index (χ3n) is 11.1. The summed E-state index contributed by atoms with van der Waals surface area (Å²) in [4.78, 5) is 89.1. The van der Waals surface area contributed by atoms with Gasteiger partial charge in [-0.15, -0.1) is 0 Å². The fraction of sp³-hybridized carbons (Fsp3) is 0.378. The molecule has 2 saturated heterocycles. The zero-order chi connectivity index (χ0) is 46.4. The predicted molar refractivity (Wildman–Crippen MR) is 247 cm³/mol. The van der Waals surface area contributed by atoms with Gasteiger partial charge in [0.1, 0.15) is 11.1 Å². The van der Waals surface area contributed by atoms with Gasteiger partial charge in [-0.25, -0.2) is 9.78 Å². The van der Waals surface area contributed by atoms with Gasteiger partial charge in [-0.05, 0) is 67.9 Å². The van der Waals surface area contributed by atoms with Crippen LogP contribution in [-0.4, -0.2) is 141 Å². The smallest absolute Gasteiger partial charge is 0.317 e. The van der Waals surface area contributed by atoms with E-state index in [9.17, 15) is 28.8 Å². The maximum Gasteiger partial charge on any atom is 0.317 e. The van der Waals surface area contributed by atoms with E-state index in [1.807, 2.05) is 30.3 Å². The molecule has 3 aliphatic rings. The lowest BCUT2D eigenvalue weighted by atomic mass is 10.0. The lowest BCUT2D eigenvalue weighted by Gasteiger charge is -2.36. The molecule has 1 atom stereocenters. The molecular weight excluding hydrogens is 872 g/mol. The van der Waals surface area contributed by atoms with Gasteiger partial charge in [0.05, 0.1) is 43.8 Å². The Balaban J connectivity index is 0.711. The van der Waals surface area contributed by atoms with Crippen LogP contribution in [0.4, 0.5) is 39.3 Å². The topological polar surface area (TPSA) is 241 Å². The minimum Gasteiger partial charge on any atom is -0.379 e. The number of carbonyl (C=O) groups excluding carboxylic acids is 6. The van der Waals surface area contributed by atoms with E-state index in [4.69, 9.17) is 21.1 Å². The normalized spacial score (nSPS) is 15.8. The number of urea groups is 1. The molecule has 7 N–H and O–H groups in total. The molecule has 21 heteroatoms. The van der Waals surface area contributed by atoms with E-state index in [-0.39, 0.29) is 55.6 Å². The van der Waals surface area contributed by atoms with E-state index < -0.39 is 11.9 Å². The van der Waals surface area contributed by atoms with Crippen molar-refractivity contribution >= 4 is 81.7 Å². The minimum atomic E-state index is -0.729. The molecule has 1 aromatic heterocycles. The highest BCUT2D eigenvalue weighted by molar-refractivity contribution is 6.33. The number of hydrogen-bond donors (Lipinski definition) is 7. The SMILES string of the molecule is CNC(=O)c1ccccc1Nc1nc(Nc2ccc(N3CCN(C(=O)NCCOCCOCCCNCC(=O)Nc4cccc5c4CN(C4CCC(=O)NC4=O)C5=O)CC3)cc2)ncc1Cl. The molecule has 0 saturated carbocycles. The van der Waals surface area contributed by atoms with Gasteiger partial charge in [0.2, 0.25) is 23.7 Å². The molecule has 0 bridgehead atoms. The van der Waals surface area contributed by atoms with Crippen molar-refractivity contribution in [3.05, 3.63) is 94.6 Å². The lowest BCUT2D eigenvalue weighted by Crippen LogP contribution is -2.52. The van der Waals surface area contributed by atoms with Crippen molar-refractivity contribution in [2.45, 2.75) is 31.8 Å². The maximum absolute atomic E-state index is 13.0. The first-order chi connectivity index (χ1) is 32.1. The van der Waals surface area contributed by atoms with Gasteiger partial charge in [0.15, 0.2) is 5.82 Å². The number of anilines is 6. The van der Waals surface area contributed by atoms with Gasteiger partial charge in [-0.2, -0.15) is 4.98 Å². The fourth-order valence-corrected chi connectivity index (χ4v) is 7.82. The van der Waals surface area contributed by atoms with E-state index in [1.165, 1.54) is 11.1 Å². The molecule has 2 fully saturated rings. The number of hydrogen-bond acceptors (Lipinski definition) is 14. The average Bonchev–Trinajstić information content (AvgIpc) is 3.66. The van der Waals surface area contributed by atoms with Crippen LogP contribution >= 0.6 is 11.6 Å². The largest absolute Gasteiger partial charge is 0.379 e. The van der Waals surface area contributed by atoms with Gasteiger partial charge < -0.3 is 56.1 Å². The summed E-state index contributed by atoms with van der Waals surface area (Å²) in [5.74, 6) is -0.964. The molecule has 20 nitrogen and oxygen atoms in total. The van der Waals surface area contributed by atoms with Crippen molar-refractivity contribution in [3.8, 4) is 0 Å². The van der Waals surface area contributed by atoms with Crippen LogP contribution in [0.25, 0.3) is 0 Å². The first kappa shape index (κ1) is 47.1. The maximum atomic E-state index is 13.0. The highest BCUT2D eigenvalue weighted by Crippen LogP contribution is 2.33. The third-order valence-corrected chi connectivity index (χ3v) is 11.4. The second-order valence-electron chi connectivity index (χ2n) is 15.6. The summed E-state index contributed by atoms with van der Waals surface area (Å²) in [6, 6.07) is 19.1. The highest BCUT2D eigenvalue weighted by Gasteiger charge is 2.40. The Hall–Kier alpha value is -6.87. The summed E-state index contributed by atoms with van der Waals surface area (Å²) >= 11 is 6.38. The van der Waals surface area contributed by atoms with Crippen LogP contribution < -0.4 is 42.1 Å². The summed E-state index contributed by atoms with van der Waals surface area (Å²) in [5.41, 5.74) is 4.39. The molecule has 7 amide bonds. The number of ether oxygens (including phenoxy) is 2. The molecular formula is C45H53ClN12O8. The number of piperazine rings is 1. The predicted octanol–water partition coefficient (Wildman–Crippen LogP) is 3.22. The second kappa shape index (κ2) is 22.8. The van der Waals surface area contributed by atoms with Crippen LogP contribution in [0.2, 0.25) is 5.02 Å². The third kappa shape index (κ3) is 12.3. The number of benzene rings is 3. The number of amides is 7. The number of imide groups is 1. The molecule has 4 aromatic rings. The van der Waals surface area contributed by atoms with Crippen molar-refractivity contribution in [2.24, 2.45) is 0 Å². The van der Waals surface area contributed by atoms with Crippen LogP contribution in [0.3, 0.4) is 0 Å². The second-order valence-corrected chi connectivity index (χ2v) is 16.0. The number of nitrogens with one attached hydrogen (secondary N) is 7. The number of rotatable bonds is 20. The molecule has 7 rings (SSSR count). The fourth-order valence-electron chi connectivity index (χ4n) is 7.68. The van der Waals surface area contributed by atoms with Crippen LogP contribution in [0.1, 0.15) is 45.5 Å². The van der Waals surface area contributed by atoms with Crippen LogP contribution in [-0.2, 0) is 30.4 Å². The highest BCUT2D eigenvalue weighted by atomic mass is 35.5. The molecule has 66 heavy (non-hydrogen) atoms. The van der Waals surface area contributed by atoms with E-state index in [2.05, 4.69) is 52.1 Å². The number of carbonyl (C=O) groups is 6. The van der Waals surface area contributed by atoms with E-state index >= 15 is 0 Å². The van der Waals surface area contributed by atoms with Crippen molar-refractivity contribution in [3.63, 3.8) is 0 Å². The van der Waals surface area contributed by atoms with Crippen molar-refractivity contribution < 1.29 is 38.2 Å². The van der Waals surface area contributed by atoms with Crippen molar-refractivity contribution in [1.29, 1.82) is 0 Å². The Kier molecular flexibility index (Phi) is 16.3. The average molecular weight is 925 g/mol. The first-order valence-electron chi connectivity index (χ1n) is 21.8. The molecule has 4 heterocycles. The Morgan fingerprint density at radius 3 is 2.39 bits per heavy atom. The van der Waals surface area contributed by atoms with Gasteiger partial charge in [-0.3, -0.25) is 29.3 Å². The van der Waals surface area contributed by atoms with Gasteiger partial charge in [0, 0.05) is 87.5 Å². The Morgan fingerprint density at radius 1 is 0.864 bits per heavy atom. The molecule has 3 aromatic carbocycles. The molecule has 0 spiro atoms. The zero-order valence-corrected chi connectivity index (χ0v) is 37.2. The molecule has 348 valence electrons. The van der Waals surface area contributed by atoms with Crippen molar-refractivity contribution in [2.75, 3.05) is 100 Å². The van der Waals surface area contributed by atoms with Gasteiger partial charge >= 0.3 is 6.03 Å². The number of para-hydroxylation sites is 1. The van der Waals surface area contributed by atoms with Crippen LogP contribution in [0.15, 0.2) is 72.9 Å². The Morgan fingerprint density at radius 2 is 1.62 bits per heavy atom. The Bertz CT molecular complexity index is 2400. The number of nitrogens with zero attached hydrogens (tertiary/aromatic N) is 5. The molecule has 3 aliphatic heterocycles. The quantitative estimate of drug-likeness (QED) is 0.0498. The number of piperidine rings is 1. The molecule has 0 radical (unpaired) electrons. The monoisotopic (exact) mass is 924 g/mol. The van der Waals surface area contributed by atoms with Gasteiger partial charge in [0.25, 0.3) is 11.8 Å². The van der Waals surface area contributed by atoms with E-state index in [1.54, 1.807) is 48.3 Å². The standard InChI is InChI=1S/C45H53ClN12O8/c1-47-41(61)32-6-2-3-8-35(32)53-40-34(46)26-50-44(55-40)51-29-10-12-30(13-11-29)56-18-20-57(21-19-56)45(64)49-17-23-66-25-24-65-22-5-16-48-27-39(60)52-36-9-4-7-31-33(36)28-58(43(31)63)37-14-15-38(59)54-42(37)62/h2-4,6-13,26,37,48H,5,14-25,27-28H2,1H3,(H,47,61)(H,49,64)(H,52,60)(H,54,59,62)(H2,50,51,53,55). The number of halogens is 1. The van der Waals surface area contributed by atoms with Crippen LogP contribution in [0.5, 0.6) is 0 Å². The minimum absolute atomic E-state index is 0.0653. The summed E-state index contributed by atoms with van der Waals surface area (Å²) in [6.07, 6.45) is 2.59. The zero-order valence-electron chi connectivity index (χ0n) is 36.5. The molecule has 1 unspecified atom stereocenters. The number of fused-ring (bicyclic) bond motifs is 1. The van der Waals surface area contributed by atoms with Crippen molar-refractivity contribution in [1.82, 2.24) is 41.0 Å². The summed E-state index contributed by atoms with van der Waals surface area (Å²) in [5, 5.41) is 20.4. The van der Waals surface area contributed by atoms with E-state index in [0.717, 1.165) is 11.4 Å². The summed E-state index contributed by atoms with van der Waals surface area (Å²) < 4.78 is 11.3. The first-order valence-corrected chi connectivity index (χ1v) is 22.1. The lowest BCUT2D eigenvalue weighted by molar-refractivity contribution is -0.137. The summed E-state index contributed by atoms with van der Waals surface area (Å²) in [6.45, 7) is 5.25.